The van der Waals surface area contributed by atoms with E-state index in [9.17, 15) is 18.0 Å². The van der Waals surface area contributed by atoms with Gasteiger partial charge in [0.15, 0.2) is 0 Å². The third-order valence-electron chi connectivity index (χ3n) is 2.05. The third-order valence-corrected chi connectivity index (χ3v) is 2.05. The summed E-state index contributed by atoms with van der Waals surface area (Å²) in [5, 5.41) is 0. The van der Waals surface area contributed by atoms with Gasteiger partial charge in [-0.05, 0) is 6.92 Å². The van der Waals surface area contributed by atoms with Crippen molar-refractivity contribution in [2.45, 2.75) is 19.9 Å². The summed E-state index contributed by atoms with van der Waals surface area (Å²) in [5.41, 5.74) is 3.46. The molecule has 4 nitrogen and oxygen atoms in total. The predicted octanol–water partition coefficient (Wildman–Crippen LogP) is 1.79. The van der Waals surface area contributed by atoms with Gasteiger partial charge in [0.1, 0.15) is 17.1 Å². The van der Waals surface area contributed by atoms with Crippen LogP contribution >= 0.6 is 0 Å². The van der Waals surface area contributed by atoms with Crippen LogP contribution in [-0.4, -0.2) is 17.6 Å². The first-order valence-electron chi connectivity index (χ1n) is 4.85. The molecule has 0 bridgehead atoms. The first kappa shape index (κ1) is 13.4. The molecule has 0 unspecified atom stereocenters. The van der Waals surface area contributed by atoms with Gasteiger partial charge >= 0.3 is 5.97 Å². The second kappa shape index (κ2) is 5.62. The molecule has 0 saturated carbocycles. The maximum atomic E-state index is 13.7. The Labute approximate surface area is 95.6 Å². The van der Waals surface area contributed by atoms with E-state index in [0.717, 1.165) is 6.20 Å². The van der Waals surface area contributed by atoms with Crippen LogP contribution in [0.2, 0.25) is 0 Å². The molecule has 0 radical (unpaired) electrons. The number of rotatable bonds is 4. The number of hydrogen-bond acceptors (Lipinski definition) is 4. The van der Waals surface area contributed by atoms with Gasteiger partial charge in [-0.1, -0.05) is 0 Å². The molecule has 0 aliphatic heterocycles. The third kappa shape index (κ3) is 2.73. The zero-order valence-corrected chi connectivity index (χ0v) is 9.04. The van der Waals surface area contributed by atoms with Crippen LogP contribution in [-0.2, 0) is 11.3 Å². The second-order valence-corrected chi connectivity index (χ2v) is 3.07. The average Bonchev–Trinajstić information content (AvgIpc) is 2.28. The van der Waals surface area contributed by atoms with Crippen LogP contribution in [0.5, 0.6) is 0 Å². The number of aromatic nitrogens is 1. The number of esters is 1. The van der Waals surface area contributed by atoms with Crippen molar-refractivity contribution in [3.63, 3.8) is 0 Å². The zero-order valence-electron chi connectivity index (χ0n) is 9.04. The SMILES string of the molecule is CCOC(=O)c1cnc(C(F)F)c(CN)c1F. The molecule has 1 rings (SSSR count). The molecule has 0 fully saturated rings. The molecule has 94 valence electrons. The summed E-state index contributed by atoms with van der Waals surface area (Å²) in [5.74, 6) is -2.05. The lowest BCUT2D eigenvalue weighted by atomic mass is 10.1. The minimum atomic E-state index is -2.95. The Morgan fingerprint density at radius 2 is 2.24 bits per heavy atom. The summed E-state index contributed by atoms with van der Waals surface area (Å²) in [6.07, 6.45) is -2.21. The van der Waals surface area contributed by atoms with Crippen LogP contribution in [0, 0.1) is 5.82 Å². The summed E-state index contributed by atoms with van der Waals surface area (Å²) in [6, 6.07) is 0. The lowest BCUT2D eigenvalue weighted by Crippen LogP contribution is -2.14. The number of ether oxygens (including phenoxy) is 1. The van der Waals surface area contributed by atoms with Gasteiger partial charge in [-0.25, -0.2) is 18.0 Å². The van der Waals surface area contributed by atoms with Crippen molar-refractivity contribution in [1.82, 2.24) is 4.98 Å². The van der Waals surface area contributed by atoms with Crippen LogP contribution in [0.15, 0.2) is 6.20 Å². The number of nitrogens with two attached hydrogens (primary N) is 1. The number of carbonyl (C=O) groups is 1. The van der Waals surface area contributed by atoms with Crippen molar-refractivity contribution in [1.29, 1.82) is 0 Å². The summed E-state index contributed by atoms with van der Waals surface area (Å²) in [6.45, 7) is 1.12. The van der Waals surface area contributed by atoms with E-state index in [2.05, 4.69) is 9.72 Å². The summed E-state index contributed by atoms with van der Waals surface area (Å²) < 4.78 is 43.2. The number of alkyl halides is 2. The first-order valence-corrected chi connectivity index (χ1v) is 4.85. The van der Waals surface area contributed by atoms with Gasteiger partial charge < -0.3 is 10.5 Å². The van der Waals surface area contributed by atoms with Crippen LogP contribution in [0.4, 0.5) is 13.2 Å². The predicted molar refractivity (Wildman–Crippen MR) is 53.0 cm³/mol. The maximum absolute atomic E-state index is 13.7. The lowest BCUT2D eigenvalue weighted by Gasteiger charge is -2.10. The Kier molecular flexibility index (Phi) is 4.45. The van der Waals surface area contributed by atoms with Gasteiger partial charge in [0.25, 0.3) is 6.43 Å². The molecule has 17 heavy (non-hydrogen) atoms. The number of nitrogens with zero attached hydrogens (tertiary/aromatic N) is 1. The zero-order chi connectivity index (χ0) is 13.0. The molecule has 0 aromatic carbocycles. The minimum Gasteiger partial charge on any atom is -0.462 e. The van der Waals surface area contributed by atoms with Gasteiger partial charge in [0.05, 0.1) is 6.61 Å². The van der Waals surface area contributed by atoms with Crippen LogP contribution in [0.25, 0.3) is 0 Å². The van der Waals surface area contributed by atoms with E-state index in [1.165, 1.54) is 0 Å². The van der Waals surface area contributed by atoms with Crippen LogP contribution in [0.1, 0.15) is 35.0 Å². The minimum absolute atomic E-state index is 0.0484. The van der Waals surface area contributed by atoms with Gasteiger partial charge in [0.2, 0.25) is 0 Å². The Balaban J connectivity index is 3.24. The molecule has 0 saturated heterocycles. The standard InChI is InChI=1S/C10H11F3N2O2/c1-2-17-10(16)6-4-15-8(9(12)13)5(3-14)7(6)11/h4,9H,2-3,14H2,1H3. The topological polar surface area (TPSA) is 65.2 Å². The molecule has 1 aromatic heterocycles. The van der Waals surface area contributed by atoms with Crippen molar-refractivity contribution >= 4 is 5.97 Å². The second-order valence-electron chi connectivity index (χ2n) is 3.07. The first-order chi connectivity index (χ1) is 8.02. The van der Waals surface area contributed by atoms with E-state index in [4.69, 9.17) is 5.73 Å². The van der Waals surface area contributed by atoms with Gasteiger partial charge in [-0.15, -0.1) is 0 Å². The molecule has 0 atom stereocenters. The van der Waals surface area contributed by atoms with Crippen LogP contribution < -0.4 is 5.73 Å². The number of pyridine rings is 1. The highest BCUT2D eigenvalue weighted by Crippen LogP contribution is 2.24. The van der Waals surface area contributed by atoms with E-state index in [0.29, 0.717) is 0 Å². The molecule has 0 amide bonds. The monoisotopic (exact) mass is 248 g/mol. The molecule has 1 aromatic rings. The Morgan fingerprint density at radius 3 is 2.71 bits per heavy atom. The normalized spacial score (nSPS) is 10.7. The van der Waals surface area contributed by atoms with Crippen molar-refractivity contribution in [3.8, 4) is 0 Å². The van der Waals surface area contributed by atoms with Gasteiger partial charge in [0, 0.05) is 18.3 Å². The Bertz CT molecular complexity index is 424. The molecular weight excluding hydrogens is 237 g/mol. The number of halogens is 3. The fraction of sp³-hybridized carbons (Fsp3) is 0.400. The quantitative estimate of drug-likeness (QED) is 0.825. The number of carbonyl (C=O) groups excluding carboxylic acids is 1. The molecule has 1 heterocycles. The Morgan fingerprint density at radius 1 is 1.59 bits per heavy atom. The summed E-state index contributed by atoms with van der Waals surface area (Å²) in [4.78, 5) is 14.6. The lowest BCUT2D eigenvalue weighted by molar-refractivity contribution is 0.0519. The summed E-state index contributed by atoms with van der Waals surface area (Å²) >= 11 is 0. The van der Waals surface area contributed by atoms with Crippen LogP contribution in [0.3, 0.4) is 0 Å². The van der Waals surface area contributed by atoms with E-state index in [-0.39, 0.29) is 6.61 Å². The highest BCUT2D eigenvalue weighted by atomic mass is 19.3. The van der Waals surface area contributed by atoms with E-state index in [1.807, 2.05) is 0 Å². The highest BCUT2D eigenvalue weighted by Gasteiger charge is 2.23. The summed E-state index contributed by atoms with van der Waals surface area (Å²) in [7, 11) is 0. The molecule has 7 heteroatoms. The molecule has 0 aliphatic rings. The number of hydrogen-bond donors (Lipinski definition) is 1. The molecule has 2 N–H and O–H groups in total. The van der Waals surface area contributed by atoms with Crippen molar-refractivity contribution in [2.24, 2.45) is 5.73 Å². The average molecular weight is 248 g/mol. The molecule has 0 aliphatic carbocycles. The molecular formula is C10H11F3N2O2. The van der Waals surface area contributed by atoms with Crippen molar-refractivity contribution in [3.05, 3.63) is 28.8 Å². The maximum Gasteiger partial charge on any atom is 0.342 e. The van der Waals surface area contributed by atoms with E-state index < -0.39 is 41.6 Å². The van der Waals surface area contributed by atoms with E-state index in [1.54, 1.807) is 6.92 Å². The van der Waals surface area contributed by atoms with E-state index >= 15 is 0 Å². The smallest absolute Gasteiger partial charge is 0.342 e. The van der Waals surface area contributed by atoms with Crippen molar-refractivity contribution in [2.75, 3.05) is 6.61 Å². The van der Waals surface area contributed by atoms with Gasteiger partial charge in [-0.2, -0.15) is 0 Å². The highest BCUT2D eigenvalue weighted by molar-refractivity contribution is 5.89. The fourth-order valence-corrected chi connectivity index (χ4v) is 1.28. The largest absolute Gasteiger partial charge is 0.462 e. The van der Waals surface area contributed by atoms with Gasteiger partial charge in [-0.3, -0.25) is 4.98 Å². The fourth-order valence-electron chi connectivity index (χ4n) is 1.28. The van der Waals surface area contributed by atoms with Crippen molar-refractivity contribution < 1.29 is 22.7 Å². The molecule has 0 spiro atoms. The Hall–Kier alpha value is -1.63.